The number of carboxylic acid groups (broad SMARTS) is 1. The number of carbonyl (C=O) groups is 1. The van der Waals surface area contributed by atoms with Crippen molar-refractivity contribution in [2.45, 2.75) is 0 Å². The van der Waals surface area contributed by atoms with Crippen LogP contribution in [0.3, 0.4) is 0 Å². The number of nitriles is 1. The summed E-state index contributed by atoms with van der Waals surface area (Å²) in [7, 11) is 0. The molecule has 0 saturated heterocycles. The van der Waals surface area contributed by atoms with Gasteiger partial charge < -0.3 is 10.2 Å². The van der Waals surface area contributed by atoms with Crippen molar-refractivity contribution in [2.24, 2.45) is 0 Å². The predicted molar refractivity (Wildman–Crippen MR) is 49.3 cm³/mol. The van der Waals surface area contributed by atoms with Gasteiger partial charge in [0.1, 0.15) is 17.4 Å². The minimum Gasteiger partial charge on any atom is -0.508 e. The van der Waals surface area contributed by atoms with Crippen molar-refractivity contribution >= 4 is 12.0 Å². The molecule has 1 aromatic rings. The number of aliphatic carboxylic acids is 1. The van der Waals surface area contributed by atoms with E-state index in [1.807, 2.05) is 0 Å². The van der Waals surface area contributed by atoms with Crippen molar-refractivity contribution in [1.29, 1.82) is 5.26 Å². The zero-order valence-electron chi connectivity index (χ0n) is 10.8. The molecule has 0 spiro atoms. The van der Waals surface area contributed by atoms with Crippen LogP contribution in [0.4, 0.5) is 0 Å². The van der Waals surface area contributed by atoms with Gasteiger partial charge in [-0.3, -0.25) is 0 Å². The Kier molecular flexibility index (Phi) is 1.60. The monoisotopic (exact) mass is 193 g/mol. The van der Waals surface area contributed by atoms with Gasteiger partial charge >= 0.3 is 5.97 Å². The first-order chi connectivity index (χ1) is 8.31. The van der Waals surface area contributed by atoms with E-state index in [0.29, 0.717) is 0 Å². The summed E-state index contributed by atoms with van der Waals surface area (Å²) in [6, 6.07) is -1.23. The van der Waals surface area contributed by atoms with Crippen molar-refractivity contribution in [2.75, 3.05) is 0 Å². The standard InChI is InChI=1S/C10H7NO3/c11-6-8(10(13)14)5-7-1-3-9(12)4-2-7/h1-5,12H,(H,13,14)/b8-5+/i1D,2D,3D,4D. The molecule has 0 fully saturated rings. The molecule has 0 saturated carbocycles. The molecule has 2 N–H and O–H groups in total. The number of phenolic OH excluding ortho intramolecular Hbond substituents is 1. The van der Waals surface area contributed by atoms with E-state index in [1.54, 1.807) is 0 Å². The first-order valence-electron chi connectivity index (χ1n) is 5.45. The van der Waals surface area contributed by atoms with Gasteiger partial charge in [-0.05, 0) is 23.7 Å². The van der Waals surface area contributed by atoms with Crippen molar-refractivity contribution < 1.29 is 20.5 Å². The van der Waals surface area contributed by atoms with E-state index in [2.05, 4.69) is 0 Å². The molecular weight excluding hydrogens is 182 g/mol. The van der Waals surface area contributed by atoms with E-state index in [1.165, 1.54) is 6.07 Å². The molecular formula is C10H7NO3. The predicted octanol–water partition coefficient (Wildman–Crippen LogP) is 1.38. The second-order valence-electron chi connectivity index (χ2n) is 2.24. The Morgan fingerprint density at radius 1 is 1.50 bits per heavy atom. The SMILES string of the molecule is [2H]c1c([2H])c(/C=C(\C#N)C(=O)O)c([2H])c([2H])c1O. The smallest absolute Gasteiger partial charge is 0.346 e. The summed E-state index contributed by atoms with van der Waals surface area (Å²) in [4.78, 5) is 10.6. The van der Waals surface area contributed by atoms with Gasteiger partial charge in [-0.25, -0.2) is 4.79 Å². The Morgan fingerprint density at radius 3 is 2.50 bits per heavy atom. The zero-order chi connectivity index (χ0) is 14.0. The Bertz CT molecular complexity index is 575. The third-order valence-electron chi connectivity index (χ3n) is 1.27. The third-order valence-corrected chi connectivity index (χ3v) is 1.27. The summed E-state index contributed by atoms with van der Waals surface area (Å²) in [5.74, 6) is -2.36. The molecule has 14 heavy (non-hydrogen) atoms. The van der Waals surface area contributed by atoms with Crippen LogP contribution in [0, 0.1) is 11.3 Å². The lowest BCUT2D eigenvalue weighted by Gasteiger charge is -1.94. The van der Waals surface area contributed by atoms with E-state index >= 15 is 0 Å². The van der Waals surface area contributed by atoms with Crippen molar-refractivity contribution in [3.05, 3.63) is 35.3 Å². The lowest BCUT2D eigenvalue weighted by Crippen LogP contribution is -1.97. The zero-order valence-corrected chi connectivity index (χ0v) is 6.83. The Hall–Kier alpha value is -2.28. The van der Waals surface area contributed by atoms with Crippen LogP contribution in [-0.4, -0.2) is 16.2 Å². The highest BCUT2D eigenvalue weighted by molar-refractivity contribution is 5.96. The normalized spacial score (nSPS) is 14.6. The van der Waals surface area contributed by atoms with E-state index in [-0.39, 0.29) is 5.56 Å². The molecule has 1 rings (SSSR count). The molecule has 4 nitrogen and oxygen atoms in total. The number of carboxylic acids is 1. The maximum Gasteiger partial charge on any atom is 0.346 e. The van der Waals surface area contributed by atoms with Gasteiger partial charge in [-0.1, -0.05) is 12.1 Å². The van der Waals surface area contributed by atoms with Crippen LogP contribution in [0.5, 0.6) is 5.75 Å². The van der Waals surface area contributed by atoms with E-state index in [0.717, 1.165) is 6.08 Å². The van der Waals surface area contributed by atoms with Crippen LogP contribution in [0.1, 0.15) is 11.0 Å². The summed E-state index contributed by atoms with van der Waals surface area (Å²) < 4.78 is 29.6. The molecule has 1 aromatic carbocycles. The number of phenols is 1. The quantitative estimate of drug-likeness (QED) is 0.549. The molecule has 0 aliphatic carbocycles. The van der Waals surface area contributed by atoms with Crippen molar-refractivity contribution in [3.63, 3.8) is 0 Å². The number of nitrogens with zero attached hydrogens (tertiary/aromatic N) is 1. The largest absolute Gasteiger partial charge is 0.508 e. The summed E-state index contributed by atoms with van der Waals surface area (Å²) in [5.41, 5.74) is -1.08. The lowest BCUT2D eigenvalue weighted by molar-refractivity contribution is -0.132. The summed E-state index contributed by atoms with van der Waals surface area (Å²) >= 11 is 0. The van der Waals surface area contributed by atoms with Gasteiger partial charge in [-0.15, -0.1) is 0 Å². The molecule has 0 bridgehead atoms. The van der Waals surface area contributed by atoms with Crippen LogP contribution in [0.15, 0.2) is 29.7 Å². The average molecular weight is 193 g/mol. The van der Waals surface area contributed by atoms with E-state index < -0.39 is 41.5 Å². The molecule has 0 aliphatic heterocycles. The van der Waals surface area contributed by atoms with Gasteiger partial charge in [0.2, 0.25) is 0 Å². The fourth-order valence-electron chi connectivity index (χ4n) is 0.674. The Labute approximate surface area is 86.0 Å². The average Bonchev–Trinajstić information content (AvgIpc) is 2.34. The third kappa shape index (κ3) is 2.35. The van der Waals surface area contributed by atoms with Gasteiger partial charge in [0.15, 0.2) is 0 Å². The minimum absolute atomic E-state index is 0.359. The van der Waals surface area contributed by atoms with Crippen LogP contribution < -0.4 is 0 Å². The van der Waals surface area contributed by atoms with Crippen LogP contribution in [0.25, 0.3) is 6.08 Å². The maximum absolute atomic E-state index is 10.6. The maximum atomic E-state index is 10.6. The molecule has 4 heteroatoms. The van der Waals surface area contributed by atoms with Crippen molar-refractivity contribution in [1.82, 2.24) is 0 Å². The number of benzene rings is 1. The molecule has 0 heterocycles. The number of rotatable bonds is 2. The first-order valence-corrected chi connectivity index (χ1v) is 3.45. The highest BCUT2D eigenvalue weighted by atomic mass is 16.4. The van der Waals surface area contributed by atoms with Gasteiger partial charge in [0.05, 0.1) is 5.48 Å². The Balaban J connectivity index is 3.63. The second-order valence-corrected chi connectivity index (χ2v) is 2.24. The minimum atomic E-state index is -1.54. The van der Waals surface area contributed by atoms with Gasteiger partial charge in [-0.2, -0.15) is 5.26 Å². The Morgan fingerprint density at radius 2 is 2.07 bits per heavy atom. The molecule has 0 radical (unpaired) electrons. The topological polar surface area (TPSA) is 81.3 Å². The molecule has 0 aromatic heterocycles. The molecule has 0 unspecified atom stereocenters. The van der Waals surface area contributed by atoms with Crippen LogP contribution >= 0.6 is 0 Å². The van der Waals surface area contributed by atoms with Crippen molar-refractivity contribution in [3.8, 4) is 11.8 Å². The highest BCUT2D eigenvalue weighted by Crippen LogP contribution is 2.12. The summed E-state index contributed by atoms with van der Waals surface area (Å²) in [6.45, 7) is 0. The lowest BCUT2D eigenvalue weighted by atomic mass is 10.1. The fraction of sp³-hybridized carbons (Fsp3) is 0. The van der Waals surface area contributed by atoms with Crippen LogP contribution in [0.2, 0.25) is 0 Å². The molecule has 70 valence electrons. The highest BCUT2D eigenvalue weighted by Gasteiger charge is 2.04. The second kappa shape index (κ2) is 4.10. The van der Waals surface area contributed by atoms with E-state index in [4.69, 9.17) is 15.9 Å². The number of hydrogen-bond acceptors (Lipinski definition) is 3. The van der Waals surface area contributed by atoms with Crippen LogP contribution in [-0.2, 0) is 4.79 Å². The summed E-state index contributed by atoms with van der Waals surface area (Å²) in [5, 5.41) is 26.5. The summed E-state index contributed by atoms with van der Waals surface area (Å²) in [6.07, 6.45) is 0.739. The molecule has 0 atom stereocenters. The number of aromatic hydroxyl groups is 1. The van der Waals surface area contributed by atoms with Gasteiger partial charge in [0, 0.05) is 0 Å². The first kappa shape index (κ1) is 5.45. The fourth-order valence-corrected chi connectivity index (χ4v) is 0.674. The van der Waals surface area contributed by atoms with E-state index in [9.17, 15) is 9.90 Å². The molecule has 0 aliphatic rings. The number of hydrogen-bond donors (Lipinski definition) is 2. The molecule has 0 amide bonds. The van der Waals surface area contributed by atoms with Gasteiger partial charge in [0.25, 0.3) is 0 Å².